The van der Waals surface area contributed by atoms with Crippen LogP contribution in [0.1, 0.15) is 35.9 Å². The zero-order valence-corrected chi connectivity index (χ0v) is 15.1. The molecule has 8 heteroatoms. The van der Waals surface area contributed by atoms with Crippen molar-refractivity contribution >= 4 is 11.7 Å². The van der Waals surface area contributed by atoms with Crippen LogP contribution in [0.3, 0.4) is 0 Å². The summed E-state index contributed by atoms with van der Waals surface area (Å²) in [6.45, 7) is 4.27. The largest absolute Gasteiger partial charge is 0.361 e. The second-order valence-corrected chi connectivity index (χ2v) is 7.62. The molecule has 8 nitrogen and oxygen atoms in total. The van der Waals surface area contributed by atoms with Crippen LogP contribution in [0.25, 0.3) is 0 Å². The smallest absolute Gasteiger partial charge is 0.324 e. The molecule has 0 atom stereocenters. The molecule has 0 radical (unpaired) electrons. The van der Waals surface area contributed by atoms with Gasteiger partial charge < -0.3 is 9.42 Å². The minimum absolute atomic E-state index is 0.0515. The van der Waals surface area contributed by atoms with Gasteiger partial charge in [0.1, 0.15) is 11.5 Å². The molecule has 1 aliphatic carbocycles. The number of carbonyl (C=O) groups is 1. The average Bonchev–Trinajstić information content (AvgIpc) is 3.31. The fourth-order valence-corrected chi connectivity index (χ4v) is 4.18. The van der Waals surface area contributed by atoms with Crippen molar-refractivity contribution in [1.82, 2.24) is 24.7 Å². The van der Waals surface area contributed by atoms with E-state index in [1.165, 1.54) is 18.4 Å². The molecule has 0 N–H and O–H groups in total. The topological polar surface area (TPSA) is 70.6 Å². The van der Waals surface area contributed by atoms with Crippen LogP contribution in [0.2, 0.25) is 0 Å². The predicted molar refractivity (Wildman–Crippen MR) is 95.1 cm³/mol. The van der Waals surface area contributed by atoms with Crippen LogP contribution in [0.5, 0.6) is 0 Å². The van der Waals surface area contributed by atoms with Crippen LogP contribution in [-0.4, -0.2) is 64.0 Å². The van der Waals surface area contributed by atoms with Gasteiger partial charge in [-0.2, -0.15) is 5.10 Å². The Morgan fingerprint density at radius 1 is 1.23 bits per heavy atom. The Balaban J connectivity index is 1.20. The van der Waals surface area contributed by atoms with Gasteiger partial charge >= 0.3 is 6.03 Å². The Morgan fingerprint density at radius 2 is 2.08 bits per heavy atom. The fourth-order valence-electron chi connectivity index (χ4n) is 4.18. The van der Waals surface area contributed by atoms with Crippen LogP contribution < -0.4 is 4.90 Å². The van der Waals surface area contributed by atoms with Crippen molar-refractivity contribution in [1.29, 1.82) is 0 Å². The van der Waals surface area contributed by atoms with Gasteiger partial charge in [-0.15, -0.1) is 0 Å². The second kappa shape index (κ2) is 6.12. The maximum Gasteiger partial charge on any atom is 0.324 e. The van der Waals surface area contributed by atoms with Crippen LogP contribution in [0.15, 0.2) is 16.9 Å². The fraction of sp³-hybridized carbons (Fsp3) is 0.611. The zero-order chi connectivity index (χ0) is 17.7. The molecule has 2 saturated heterocycles. The predicted octanol–water partition coefficient (Wildman–Crippen LogP) is 1.68. The maximum absolute atomic E-state index is 12.1. The van der Waals surface area contributed by atoms with E-state index in [-0.39, 0.29) is 6.03 Å². The highest BCUT2D eigenvalue weighted by Gasteiger charge is 2.33. The molecule has 0 unspecified atom stereocenters. The van der Waals surface area contributed by atoms with Crippen molar-refractivity contribution in [2.24, 2.45) is 0 Å². The first kappa shape index (κ1) is 15.9. The number of fused-ring (bicyclic) bond motifs is 1. The maximum atomic E-state index is 12.1. The Morgan fingerprint density at radius 3 is 2.88 bits per heavy atom. The highest BCUT2D eigenvalue weighted by Crippen LogP contribution is 2.29. The summed E-state index contributed by atoms with van der Waals surface area (Å²) in [6, 6.07) is 0.414. The number of anilines is 1. The summed E-state index contributed by atoms with van der Waals surface area (Å²) < 4.78 is 7.51. The summed E-state index contributed by atoms with van der Waals surface area (Å²) in [5, 5.41) is 8.79. The van der Waals surface area contributed by atoms with Gasteiger partial charge in [-0.05, 0) is 19.3 Å². The summed E-state index contributed by atoms with van der Waals surface area (Å²) in [6.07, 6.45) is 8.39. The number of aromatic nitrogens is 3. The Labute approximate surface area is 152 Å². The first-order valence-electron chi connectivity index (χ1n) is 9.44. The zero-order valence-electron chi connectivity index (χ0n) is 15.1. The van der Waals surface area contributed by atoms with E-state index in [9.17, 15) is 4.79 Å². The third-order valence-electron chi connectivity index (χ3n) is 5.83. The van der Waals surface area contributed by atoms with Gasteiger partial charge in [0.15, 0.2) is 0 Å². The Bertz CT molecular complexity index is 822. The molecule has 0 bridgehead atoms. The number of likely N-dealkylation sites (tertiary alicyclic amines) is 1. The summed E-state index contributed by atoms with van der Waals surface area (Å²) in [5.41, 5.74) is 3.35. The number of urea groups is 1. The van der Waals surface area contributed by atoms with Gasteiger partial charge in [0.2, 0.25) is 0 Å². The molecule has 2 aliphatic heterocycles. The minimum atomic E-state index is 0.0515. The van der Waals surface area contributed by atoms with Gasteiger partial charge in [-0.1, -0.05) is 5.16 Å². The minimum Gasteiger partial charge on any atom is -0.361 e. The number of carbonyl (C=O) groups excluding carboxylic acids is 1. The number of amides is 2. The van der Waals surface area contributed by atoms with E-state index in [1.54, 1.807) is 16.0 Å². The third-order valence-corrected chi connectivity index (χ3v) is 5.83. The van der Waals surface area contributed by atoms with E-state index >= 15 is 0 Å². The highest BCUT2D eigenvalue weighted by molar-refractivity contribution is 5.93. The lowest BCUT2D eigenvalue weighted by Gasteiger charge is -2.38. The number of rotatable bonds is 4. The number of likely N-dealkylation sites (N-methyl/N-ethyl adjacent to an activating group) is 1. The van der Waals surface area contributed by atoms with Crippen LogP contribution in [-0.2, 0) is 19.4 Å². The van der Waals surface area contributed by atoms with Gasteiger partial charge in [-0.3, -0.25) is 14.5 Å². The molecule has 2 aromatic rings. The third kappa shape index (κ3) is 2.59. The summed E-state index contributed by atoms with van der Waals surface area (Å²) in [5.74, 6) is 1.10. The summed E-state index contributed by atoms with van der Waals surface area (Å²) in [7, 11) is 1.83. The van der Waals surface area contributed by atoms with Gasteiger partial charge in [0.05, 0.1) is 17.9 Å². The molecule has 26 heavy (non-hydrogen) atoms. The molecular formula is C18H24N6O2. The first-order valence-corrected chi connectivity index (χ1v) is 9.44. The molecule has 0 saturated carbocycles. The molecule has 5 rings (SSSR count). The second-order valence-electron chi connectivity index (χ2n) is 7.62. The SMILES string of the molecule is CN1CCN(c2cnn(C3CN(Cc4noc5c4CCCC5)C3)c2)C1=O. The van der Waals surface area contributed by atoms with Gasteiger partial charge in [0.25, 0.3) is 0 Å². The van der Waals surface area contributed by atoms with Crippen molar-refractivity contribution in [2.45, 2.75) is 38.3 Å². The van der Waals surface area contributed by atoms with Crippen molar-refractivity contribution < 1.29 is 9.32 Å². The first-order chi connectivity index (χ1) is 12.7. The summed E-state index contributed by atoms with van der Waals surface area (Å²) >= 11 is 0. The molecule has 0 aromatic carbocycles. The highest BCUT2D eigenvalue weighted by atomic mass is 16.5. The van der Waals surface area contributed by atoms with E-state index < -0.39 is 0 Å². The quantitative estimate of drug-likeness (QED) is 0.834. The van der Waals surface area contributed by atoms with Gasteiger partial charge in [-0.25, -0.2) is 4.79 Å². The lowest BCUT2D eigenvalue weighted by molar-refractivity contribution is 0.0881. The molecule has 0 spiro atoms. The molecule has 138 valence electrons. The molecule has 4 heterocycles. The van der Waals surface area contributed by atoms with E-state index in [1.807, 2.05) is 17.9 Å². The normalized spacial score (nSPS) is 21.3. The van der Waals surface area contributed by atoms with Crippen molar-refractivity contribution in [3.05, 3.63) is 29.4 Å². The van der Waals surface area contributed by atoms with E-state index in [2.05, 4.69) is 15.2 Å². The molecule has 2 fully saturated rings. The van der Waals surface area contributed by atoms with Crippen molar-refractivity contribution in [2.75, 3.05) is 38.1 Å². The lowest BCUT2D eigenvalue weighted by Crippen LogP contribution is -2.47. The van der Waals surface area contributed by atoms with E-state index in [0.29, 0.717) is 6.04 Å². The standard InChI is InChI=1S/C18H24N6O2/c1-21-6-7-23(18(21)25)13-8-19-24(11-13)14-9-22(10-14)12-16-15-4-2-3-5-17(15)26-20-16/h8,11,14H,2-7,9-10,12H2,1H3. The molecule has 3 aliphatic rings. The number of nitrogens with zero attached hydrogens (tertiary/aromatic N) is 6. The van der Waals surface area contributed by atoms with E-state index in [0.717, 1.165) is 62.7 Å². The van der Waals surface area contributed by atoms with Gasteiger partial charge in [0, 0.05) is 58.0 Å². The number of hydrogen-bond acceptors (Lipinski definition) is 5. The molecule has 2 aromatic heterocycles. The monoisotopic (exact) mass is 356 g/mol. The number of hydrogen-bond donors (Lipinski definition) is 0. The Kier molecular flexibility index (Phi) is 3.74. The van der Waals surface area contributed by atoms with E-state index in [4.69, 9.17) is 4.52 Å². The van der Waals surface area contributed by atoms with Crippen molar-refractivity contribution in [3.63, 3.8) is 0 Å². The van der Waals surface area contributed by atoms with Crippen molar-refractivity contribution in [3.8, 4) is 0 Å². The van der Waals surface area contributed by atoms with Crippen LogP contribution in [0, 0.1) is 0 Å². The van der Waals surface area contributed by atoms with Crippen LogP contribution in [0.4, 0.5) is 10.5 Å². The lowest BCUT2D eigenvalue weighted by atomic mass is 9.96. The Hall–Kier alpha value is -2.35. The van der Waals surface area contributed by atoms with Crippen LogP contribution >= 0.6 is 0 Å². The average molecular weight is 356 g/mol. The molecule has 2 amide bonds. The summed E-state index contributed by atoms with van der Waals surface area (Å²) in [4.78, 5) is 18.0. The number of aryl methyl sites for hydroxylation is 1. The molecular weight excluding hydrogens is 332 g/mol.